The molecule has 0 aliphatic heterocycles. The molecule has 6 heteroatoms. The molecule has 0 aliphatic rings. The van der Waals surface area contributed by atoms with E-state index < -0.39 is 0 Å². The molecule has 1 heterocycles. The van der Waals surface area contributed by atoms with Gasteiger partial charge in [0.2, 0.25) is 5.28 Å². The zero-order chi connectivity index (χ0) is 13.3. The van der Waals surface area contributed by atoms with Gasteiger partial charge in [0, 0.05) is 4.90 Å². The van der Waals surface area contributed by atoms with E-state index in [0.717, 1.165) is 4.90 Å². The van der Waals surface area contributed by atoms with Crippen molar-refractivity contribution in [2.24, 2.45) is 0 Å². The molecule has 2 aromatic rings. The highest BCUT2D eigenvalue weighted by atomic mass is 35.5. The smallest absolute Gasteiger partial charge is 0.206 e. The lowest BCUT2D eigenvalue weighted by Crippen LogP contribution is -1.94. The third-order valence-corrected chi connectivity index (χ3v) is 4.25. The number of hydrogen-bond acceptors (Lipinski definition) is 4. The Morgan fingerprint density at radius 3 is 2.22 bits per heavy atom. The van der Waals surface area contributed by atoms with E-state index in [-0.39, 0.29) is 10.4 Å². The predicted molar refractivity (Wildman–Crippen MR) is 74.6 cm³/mol. The minimum Gasteiger partial charge on any atom is -0.206 e. The van der Waals surface area contributed by atoms with Crippen LogP contribution in [0.1, 0.15) is 16.7 Å². The third-order valence-electron chi connectivity index (χ3n) is 2.39. The summed E-state index contributed by atoms with van der Waals surface area (Å²) >= 11 is 13.2. The number of hydrogen-bond donors (Lipinski definition) is 0. The Hall–Kier alpha value is -0.840. The number of halogens is 2. The van der Waals surface area contributed by atoms with Gasteiger partial charge in [-0.3, -0.25) is 0 Å². The van der Waals surface area contributed by atoms with Crippen LogP contribution in [0.15, 0.2) is 22.1 Å². The first kappa shape index (κ1) is 13.6. The molecule has 2 rings (SSSR count). The maximum absolute atomic E-state index is 5.97. The van der Waals surface area contributed by atoms with Gasteiger partial charge in [-0.2, -0.15) is 0 Å². The molecular weight excluding hydrogens is 289 g/mol. The van der Waals surface area contributed by atoms with Crippen LogP contribution in [0.25, 0.3) is 0 Å². The topological polar surface area (TPSA) is 38.7 Å². The van der Waals surface area contributed by atoms with Crippen LogP contribution < -0.4 is 0 Å². The predicted octanol–water partition coefficient (Wildman–Crippen LogP) is 4.25. The molecule has 0 spiro atoms. The van der Waals surface area contributed by atoms with Gasteiger partial charge in [-0.15, -0.1) is 10.2 Å². The van der Waals surface area contributed by atoms with Crippen LogP contribution >= 0.6 is 35.0 Å². The second kappa shape index (κ2) is 5.43. The van der Waals surface area contributed by atoms with Crippen molar-refractivity contribution >= 4 is 35.0 Å². The highest BCUT2D eigenvalue weighted by Gasteiger charge is 2.12. The summed E-state index contributed by atoms with van der Waals surface area (Å²) in [6.45, 7) is 6.20. The Kier molecular flexibility index (Phi) is 4.10. The van der Waals surface area contributed by atoms with Gasteiger partial charge in [-0.25, -0.2) is 4.98 Å². The van der Waals surface area contributed by atoms with E-state index in [4.69, 9.17) is 23.2 Å². The van der Waals surface area contributed by atoms with Gasteiger partial charge < -0.3 is 0 Å². The van der Waals surface area contributed by atoms with Crippen molar-refractivity contribution in [3.05, 3.63) is 39.3 Å². The molecular formula is C12H11Cl2N3S. The Balaban J connectivity index is 2.43. The van der Waals surface area contributed by atoms with E-state index >= 15 is 0 Å². The summed E-state index contributed by atoms with van der Waals surface area (Å²) in [7, 11) is 0. The first-order valence-electron chi connectivity index (χ1n) is 5.29. The highest BCUT2D eigenvalue weighted by molar-refractivity contribution is 7.99. The van der Waals surface area contributed by atoms with Crippen LogP contribution in [0, 0.1) is 20.8 Å². The fourth-order valence-electron chi connectivity index (χ4n) is 1.77. The zero-order valence-electron chi connectivity index (χ0n) is 10.2. The number of rotatable bonds is 2. The molecule has 0 saturated heterocycles. The molecule has 0 fully saturated rings. The molecule has 0 unspecified atom stereocenters. The van der Waals surface area contributed by atoms with Gasteiger partial charge in [-0.05, 0) is 43.5 Å². The van der Waals surface area contributed by atoms with Crippen molar-refractivity contribution in [2.45, 2.75) is 30.7 Å². The largest absolute Gasteiger partial charge is 0.244 e. The Bertz CT molecular complexity index is 579. The molecule has 94 valence electrons. The van der Waals surface area contributed by atoms with Crippen molar-refractivity contribution in [1.29, 1.82) is 0 Å². The van der Waals surface area contributed by atoms with Crippen LogP contribution in [0.3, 0.4) is 0 Å². The fraction of sp³-hybridized carbons (Fsp3) is 0.250. The summed E-state index contributed by atoms with van der Waals surface area (Å²) in [5.74, 6) is 0. The van der Waals surface area contributed by atoms with Gasteiger partial charge in [-0.1, -0.05) is 41.1 Å². The van der Waals surface area contributed by atoms with E-state index in [1.54, 1.807) is 0 Å². The number of benzene rings is 1. The second-order valence-corrected chi connectivity index (χ2v) is 5.70. The SMILES string of the molecule is Cc1cc(C)c(Sc2nc(Cl)nnc2Cl)c(C)c1. The molecule has 18 heavy (non-hydrogen) atoms. The summed E-state index contributed by atoms with van der Waals surface area (Å²) in [6.07, 6.45) is 0. The van der Waals surface area contributed by atoms with E-state index in [9.17, 15) is 0 Å². The van der Waals surface area contributed by atoms with Crippen molar-refractivity contribution in [1.82, 2.24) is 15.2 Å². The first-order valence-corrected chi connectivity index (χ1v) is 6.86. The maximum atomic E-state index is 5.97. The Morgan fingerprint density at radius 1 is 1.00 bits per heavy atom. The van der Waals surface area contributed by atoms with Crippen LogP contribution in [-0.4, -0.2) is 15.2 Å². The fourth-order valence-corrected chi connectivity index (χ4v) is 3.03. The van der Waals surface area contributed by atoms with Crippen LogP contribution in [0.5, 0.6) is 0 Å². The van der Waals surface area contributed by atoms with Gasteiger partial charge in [0.15, 0.2) is 5.15 Å². The monoisotopic (exact) mass is 299 g/mol. The average molecular weight is 300 g/mol. The average Bonchev–Trinajstić information content (AvgIpc) is 2.28. The van der Waals surface area contributed by atoms with Gasteiger partial charge in [0.25, 0.3) is 0 Å². The van der Waals surface area contributed by atoms with Gasteiger partial charge >= 0.3 is 0 Å². The molecule has 0 aliphatic carbocycles. The van der Waals surface area contributed by atoms with Gasteiger partial charge in [0.05, 0.1) is 0 Å². The number of nitrogens with zero attached hydrogens (tertiary/aromatic N) is 3. The minimum atomic E-state index is 0.101. The Labute approximate surface area is 120 Å². The summed E-state index contributed by atoms with van der Waals surface area (Å²) in [5.41, 5.74) is 3.60. The lowest BCUT2D eigenvalue weighted by Gasteiger charge is -2.10. The summed E-state index contributed by atoms with van der Waals surface area (Å²) in [4.78, 5) is 5.22. The quantitative estimate of drug-likeness (QED) is 0.831. The van der Waals surface area contributed by atoms with Crippen LogP contribution in [-0.2, 0) is 0 Å². The maximum Gasteiger partial charge on any atom is 0.244 e. The molecule has 1 aromatic heterocycles. The van der Waals surface area contributed by atoms with Crippen molar-refractivity contribution in [3.63, 3.8) is 0 Å². The van der Waals surface area contributed by atoms with Crippen molar-refractivity contribution in [3.8, 4) is 0 Å². The molecule has 0 saturated carbocycles. The first-order chi connectivity index (χ1) is 8.47. The molecule has 0 atom stereocenters. The summed E-state index contributed by atoms with van der Waals surface area (Å²) in [5, 5.41) is 8.30. The molecule has 0 bridgehead atoms. The Morgan fingerprint density at radius 2 is 1.61 bits per heavy atom. The highest BCUT2D eigenvalue weighted by Crippen LogP contribution is 2.35. The summed E-state index contributed by atoms with van der Waals surface area (Å²) < 4.78 is 0. The molecule has 0 N–H and O–H groups in total. The second-order valence-electron chi connectivity index (χ2n) is 4.01. The van der Waals surface area contributed by atoms with Gasteiger partial charge in [0.1, 0.15) is 5.03 Å². The van der Waals surface area contributed by atoms with E-state index in [1.807, 2.05) is 0 Å². The minimum absolute atomic E-state index is 0.101. The molecule has 0 radical (unpaired) electrons. The molecule has 3 nitrogen and oxygen atoms in total. The lowest BCUT2D eigenvalue weighted by molar-refractivity contribution is 0.904. The lowest BCUT2D eigenvalue weighted by atomic mass is 10.1. The number of aryl methyl sites for hydroxylation is 3. The number of aromatic nitrogens is 3. The molecule has 0 amide bonds. The third kappa shape index (κ3) is 2.94. The standard InChI is InChI=1S/C12H11Cl2N3S/c1-6-4-7(2)9(8(3)5-6)18-11-10(13)16-17-12(14)15-11/h4-5H,1-3H3. The van der Waals surface area contributed by atoms with Crippen molar-refractivity contribution in [2.75, 3.05) is 0 Å². The van der Waals surface area contributed by atoms with Crippen LogP contribution in [0.2, 0.25) is 10.4 Å². The normalized spacial score (nSPS) is 10.7. The van der Waals surface area contributed by atoms with E-state index in [0.29, 0.717) is 5.03 Å². The summed E-state index contributed by atoms with van der Waals surface area (Å²) in [6, 6.07) is 4.25. The van der Waals surface area contributed by atoms with E-state index in [2.05, 4.69) is 48.1 Å². The zero-order valence-corrected chi connectivity index (χ0v) is 12.5. The van der Waals surface area contributed by atoms with Crippen LogP contribution in [0.4, 0.5) is 0 Å². The van der Waals surface area contributed by atoms with Crippen molar-refractivity contribution < 1.29 is 0 Å². The molecule has 1 aromatic carbocycles. The van der Waals surface area contributed by atoms with E-state index in [1.165, 1.54) is 28.5 Å².